The van der Waals surface area contributed by atoms with Crippen LogP contribution in [0, 0.1) is 0 Å². The molecule has 0 saturated heterocycles. The third kappa shape index (κ3) is 1.93. The number of halogens is 1. The normalized spacial score (nSPS) is 10.7. The molecule has 0 aliphatic carbocycles. The third-order valence-electron chi connectivity index (χ3n) is 2.37. The Morgan fingerprint density at radius 1 is 1.22 bits per heavy atom. The van der Waals surface area contributed by atoms with Crippen LogP contribution in [0.4, 0.5) is 17.3 Å². The molecule has 0 saturated carbocycles. The maximum absolute atomic E-state index is 5.94. The lowest BCUT2D eigenvalue weighted by Crippen LogP contribution is -2.02. The molecule has 0 spiro atoms. The van der Waals surface area contributed by atoms with Gasteiger partial charge in [0.25, 0.3) is 0 Å². The maximum atomic E-state index is 5.94. The van der Waals surface area contributed by atoms with Crippen LogP contribution in [-0.4, -0.2) is 19.6 Å². The molecule has 18 heavy (non-hydrogen) atoms. The average Bonchev–Trinajstić information content (AvgIpc) is 2.77. The fraction of sp³-hybridized carbons (Fsp3) is 0. The first-order chi connectivity index (χ1) is 8.72. The summed E-state index contributed by atoms with van der Waals surface area (Å²) in [6.45, 7) is 0. The molecule has 0 aliphatic heterocycles. The van der Waals surface area contributed by atoms with Crippen molar-refractivity contribution < 1.29 is 0 Å². The number of anilines is 3. The quantitative estimate of drug-likeness (QED) is 0.690. The van der Waals surface area contributed by atoms with Crippen molar-refractivity contribution in [1.82, 2.24) is 19.6 Å². The van der Waals surface area contributed by atoms with E-state index in [4.69, 9.17) is 17.3 Å². The Kier molecular flexibility index (Phi) is 2.49. The number of hydrogen-bond acceptors (Lipinski definition) is 5. The molecule has 0 unspecified atom stereocenters. The van der Waals surface area contributed by atoms with Gasteiger partial charge < -0.3 is 11.1 Å². The van der Waals surface area contributed by atoms with Crippen LogP contribution in [0.5, 0.6) is 0 Å². The standard InChI is InChI=1S/C11H9ClN6/c12-8-6-11(18-10(16-8)2-4-15-18)17-9-5-7(13)1-3-14-9/h1-6H,(H3,13,14,17). The zero-order valence-electron chi connectivity index (χ0n) is 9.21. The fourth-order valence-electron chi connectivity index (χ4n) is 1.62. The van der Waals surface area contributed by atoms with Gasteiger partial charge in [-0.3, -0.25) is 0 Å². The van der Waals surface area contributed by atoms with E-state index < -0.39 is 0 Å². The van der Waals surface area contributed by atoms with Gasteiger partial charge in [0.1, 0.15) is 16.8 Å². The van der Waals surface area contributed by atoms with Crippen molar-refractivity contribution in [2.24, 2.45) is 0 Å². The van der Waals surface area contributed by atoms with Gasteiger partial charge in [-0.25, -0.2) is 9.97 Å². The van der Waals surface area contributed by atoms with E-state index >= 15 is 0 Å². The maximum Gasteiger partial charge on any atom is 0.159 e. The second kappa shape index (κ2) is 4.15. The minimum atomic E-state index is 0.384. The molecule has 6 nitrogen and oxygen atoms in total. The van der Waals surface area contributed by atoms with Crippen LogP contribution in [0.2, 0.25) is 5.15 Å². The number of nitrogen functional groups attached to an aromatic ring is 1. The fourth-order valence-corrected chi connectivity index (χ4v) is 1.81. The SMILES string of the molecule is Nc1ccnc(Nc2cc(Cl)nc3ccnn23)c1. The van der Waals surface area contributed by atoms with E-state index in [2.05, 4.69) is 20.4 Å². The predicted molar refractivity (Wildman–Crippen MR) is 69.9 cm³/mol. The van der Waals surface area contributed by atoms with Gasteiger partial charge in [-0.05, 0) is 6.07 Å². The van der Waals surface area contributed by atoms with Crippen molar-refractivity contribution in [3.05, 3.63) is 41.8 Å². The first kappa shape index (κ1) is 10.8. The molecule has 90 valence electrons. The van der Waals surface area contributed by atoms with Crippen LogP contribution >= 0.6 is 11.6 Å². The number of fused-ring (bicyclic) bond motifs is 1. The van der Waals surface area contributed by atoms with E-state index in [-0.39, 0.29) is 0 Å². The van der Waals surface area contributed by atoms with Crippen LogP contribution in [0.1, 0.15) is 0 Å². The average molecular weight is 261 g/mol. The summed E-state index contributed by atoms with van der Waals surface area (Å²) in [5.74, 6) is 1.29. The highest BCUT2D eigenvalue weighted by molar-refractivity contribution is 6.29. The molecule has 3 heterocycles. The van der Waals surface area contributed by atoms with E-state index in [1.807, 2.05) is 0 Å². The van der Waals surface area contributed by atoms with E-state index in [1.165, 1.54) is 0 Å². The van der Waals surface area contributed by atoms with Crippen molar-refractivity contribution in [3.8, 4) is 0 Å². The molecule has 7 heteroatoms. The molecule has 0 aromatic carbocycles. The van der Waals surface area contributed by atoms with Crippen LogP contribution < -0.4 is 11.1 Å². The number of nitrogens with one attached hydrogen (secondary N) is 1. The Balaban J connectivity index is 2.06. The summed E-state index contributed by atoms with van der Waals surface area (Å²) in [5, 5.41) is 7.64. The lowest BCUT2D eigenvalue weighted by atomic mass is 10.4. The highest BCUT2D eigenvalue weighted by Crippen LogP contribution is 2.20. The summed E-state index contributed by atoms with van der Waals surface area (Å²) in [6.07, 6.45) is 3.28. The summed E-state index contributed by atoms with van der Waals surface area (Å²) in [4.78, 5) is 8.30. The van der Waals surface area contributed by atoms with Gasteiger partial charge in [0.2, 0.25) is 0 Å². The van der Waals surface area contributed by atoms with Crippen molar-refractivity contribution in [2.45, 2.75) is 0 Å². The monoisotopic (exact) mass is 260 g/mol. The van der Waals surface area contributed by atoms with Crippen molar-refractivity contribution in [1.29, 1.82) is 0 Å². The Morgan fingerprint density at radius 2 is 2.11 bits per heavy atom. The Labute approximate surface area is 107 Å². The summed E-state index contributed by atoms with van der Waals surface area (Å²) in [6, 6.07) is 6.88. The molecule has 3 rings (SSSR count). The number of nitrogens with zero attached hydrogens (tertiary/aromatic N) is 4. The number of hydrogen-bond donors (Lipinski definition) is 2. The molecule has 0 bridgehead atoms. The molecule has 3 aromatic heterocycles. The van der Waals surface area contributed by atoms with Crippen LogP contribution in [-0.2, 0) is 0 Å². The van der Waals surface area contributed by atoms with E-state index in [0.29, 0.717) is 28.1 Å². The molecule has 0 amide bonds. The van der Waals surface area contributed by atoms with Gasteiger partial charge in [0, 0.05) is 30.1 Å². The van der Waals surface area contributed by atoms with Gasteiger partial charge in [0.15, 0.2) is 5.65 Å². The largest absolute Gasteiger partial charge is 0.399 e. The smallest absolute Gasteiger partial charge is 0.159 e. The summed E-state index contributed by atoms with van der Waals surface area (Å²) in [7, 11) is 0. The number of aromatic nitrogens is 4. The van der Waals surface area contributed by atoms with Gasteiger partial charge in [-0.1, -0.05) is 11.6 Å². The van der Waals surface area contributed by atoms with E-state index in [9.17, 15) is 0 Å². The molecule has 3 aromatic rings. The van der Waals surface area contributed by atoms with Gasteiger partial charge in [-0.15, -0.1) is 0 Å². The Bertz CT molecular complexity index is 708. The lowest BCUT2D eigenvalue weighted by molar-refractivity contribution is 0.945. The van der Waals surface area contributed by atoms with Gasteiger partial charge in [-0.2, -0.15) is 9.61 Å². The molecular weight excluding hydrogens is 252 g/mol. The molecule has 0 radical (unpaired) electrons. The highest BCUT2D eigenvalue weighted by Gasteiger charge is 2.06. The summed E-state index contributed by atoms with van der Waals surface area (Å²) < 4.78 is 1.64. The molecule has 0 atom stereocenters. The molecular formula is C11H9ClN6. The molecule has 0 aliphatic rings. The zero-order valence-corrected chi connectivity index (χ0v) is 9.96. The van der Waals surface area contributed by atoms with Gasteiger partial charge in [0.05, 0.1) is 6.20 Å². The van der Waals surface area contributed by atoms with Crippen molar-refractivity contribution >= 4 is 34.6 Å². The van der Waals surface area contributed by atoms with Gasteiger partial charge >= 0.3 is 0 Å². The Morgan fingerprint density at radius 3 is 2.94 bits per heavy atom. The number of nitrogens with two attached hydrogens (primary N) is 1. The summed E-state index contributed by atoms with van der Waals surface area (Å²) >= 11 is 5.94. The first-order valence-electron chi connectivity index (χ1n) is 5.21. The number of pyridine rings is 1. The zero-order chi connectivity index (χ0) is 12.5. The number of rotatable bonds is 2. The lowest BCUT2D eigenvalue weighted by Gasteiger charge is -2.08. The second-order valence-electron chi connectivity index (χ2n) is 3.66. The highest BCUT2D eigenvalue weighted by atomic mass is 35.5. The van der Waals surface area contributed by atoms with E-state index in [0.717, 1.165) is 0 Å². The predicted octanol–water partition coefficient (Wildman–Crippen LogP) is 2.10. The topological polar surface area (TPSA) is 81.1 Å². The molecule has 0 fully saturated rings. The molecule has 3 N–H and O–H groups in total. The van der Waals surface area contributed by atoms with E-state index in [1.54, 1.807) is 41.2 Å². The minimum absolute atomic E-state index is 0.384. The van der Waals surface area contributed by atoms with Crippen LogP contribution in [0.15, 0.2) is 36.7 Å². The van der Waals surface area contributed by atoms with Crippen LogP contribution in [0.25, 0.3) is 5.65 Å². The van der Waals surface area contributed by atoms with Crippen molar-refractivity contribution in [2.75, 3.05) is 11.1 Å². The summed E-state index contributed by atoms with van der Waals surface area (Å²) in [5.41, 5.74) is 6.98. The third-order valence-corrected chi connectivity index (χ3v) is 2.56. The Hall–Kier alpha value is -2.34. The minimum Gasteiger partial charge on any atom is -0.399 e. The van der Waals surface area contributed by atoms with Crippen LogP contribution in [0.3, 0.4) is 0 Å². The first-order valence-corrected chi connectivity index (χ1v) is 5.59. The second-order valence-corrected chi connectivity index (χ2v) is 4.05. The van der Waals surface area contributed by atoms with Crippen molar-refractivity contribution in [3.63, 3.8) is 0 Å².